The molecule has 0 N–H and O–H groups in total. The van der Waals surface area contributed by atoms with Gasteiger partial charge in [-0.1, -0.05) is 82.7 Å². The van der Waals surface area contributed by atoms with Gasteiger partial charge in [-0.25, -0.2) is 4.98 Å². The van der Waals surface area contributed by atoms with Gasteiger partial charge in [0.05, 0.1) is 10.9 Å². The molecular weight excluding hydrogens is 494 g/mol. The van der Waals surface area contributed by atoms with E-state index in [-0.39, 0.29) is 5.56 Å². The monoisotopic (exact) mass is 507 g/mol. The van der Waals surface area contributed by atoms with Crippen LogP contribution in [0.2, 0.25) is 0 Å². The Labute approximate surface area is 184 Å². The highest BCUT2D eigenvalue weighted by Gasteiger charge is 2.14. The van der Waals surface area contributed by atoms with E-state index in [0.29, 0.717) is 16.7 Å². The van der Waals surface area contributed by atoms with E-state index < -0.39 is 0 Å². The van der Waals surface area contributed by atoms with E-state index in [1.807, 2.05) is 72.8 Å². The van der Waals surface area contributed by atoms with Crippen molar-refractivity contribution < 1.29 is 0 Å². The van der Waals surface area contributed by atoms with Crippen molar-refractivity contribution in [3.05, 3.63) is 104 Å². The number of fused-ring (bicyclic) bond motifs is 1. The summed E-state index contributed by atoms with van der Waals surface area (Å²) in [7, 11) is 0. The van der Waals surface area contributed by atoms with Gasteiger partial charge in [0.15, 0.2) is 5.82 Å². The molecule has 4 nitrogen and oxygen atoms in total. The molecule has 4 aromatic rings. The fourth-order valence-electron chi connectivity index (χ4n) is 2.91. The predicted octanol–water partition coefficient (Wildman–Crippen LogP) is 6.14. The summed E-state index contributed by atoms with van der Waals surface area (Å²) in [5.74, 6) is 0.482. The zero-order valence-corrected chi connectivity index (χ0v) is 18.3. The Bertz CT molecular complexity index is 1280. The molecule has 4 rings (SSSR count). The number of aromatic nitrogens is 2. The first-order valence-corrected chi connectivity index (χ1v) is 10.5. The van der Waals surface area contributed by atoms with Gasteiger partial charge in [-0.2, -0.15) is 9.78 Å². The maximum atomic E-state index is 13.2. The molecule has 0 unspecified atom stereocenters. The van der Waals surface area contributed by atoms with Crippen LogP contribution < -0.4 is 5.56 Å². The molecule has 1 aromatic heterocycles. The fraction of sp³-hybridized carbons (Fsp3) is 0. The Morgan fingerprint density at radius 3 is 2.34 bits per heavy atom. The third-order valence-electron chi connectivity index (χ3n) is 4.26. The van der Waals surface area contributed by atoms with E-state index >= 15 is 0 Å². The van der Waals surface area contributed by atoms with Crippen molar-refractivity contribution in [3.8, 4) is 11.4 Å². The van der Waals surface area contributed by atoms with Crippen LogP contribution in [0.3, 0.4) is 0 Å². The van der Waals surface area contributed by atoms with Crippen LogP contribution in [0.5, 0.6) is 0 Å². The first-order chi connectivity index (χ1) is 14.1. The number of hydrogen-bond acceptors (Lipinski definition) is 3. The van der Waals surface area contributed by atoms with Crippen LogP contribution in [-0.2, 0) is 0 Å². The van der Waals surface area contributed by atoms with Crippen molar-refractivity contribution in [1.82, 2.24) is 9.66 Å². The normalized spacial score (nSPS) is 11.7. The Balaban J connectivity index is 1.86. The lowest BCUT2D eigenvalue weighted by Crippen LogP contribution is -2.20. The second-order valence-electron chi connectivity index (χ2n) is 6.24. The minimum atomic E-state index is -0.236. The molecule has 0 atom stereocenters. The predicted molar refractivity (Wildman–Crippen MR) is 126 cm³/mol. The minimum Gasteiger partial charge on any atom is -0.267 e. The zero-order valence-electron chi connectivity index (χ0n) is 15.2. The van der Waals surface area contributed by atoms with E-state index in [1.54, 1.807) is 18.4 Å². The lowest BCUT2D eigenvalue weighted by atomic mass is 10.2. The standard InChI is InChI=1S/C23H15Br2N3O/c24-18-14-19-21(20(25)15-18)27-22(17-11-5-2-6-12-17)28(23(19)29)26-13-7-10-16-8-3-1-4-9-16/h1-15H/b10-7+,26-13+. The molecule has 0 amide bonds. The van der Waals surface area contributed by atoms with E-state index in [2.05, 4.69) is 37.0 Å². The molecular formula is C23H15Br2N3O. The smallest absolute Gasteiger partial charge is 0.267 e. The Kier molecular flexibility index (Phi) is 5.83. The zero-order chi connectivity index (χ0) is 20.2. The van der Waals surface area contributed by atoms with Crippen molar-refractivity contribution in [2.24, 2.45) is 5.10 Å². The van der Waals surface area contributed by atoms with E-state index in [1.165, 1.54) is 4.68 Å². The van der Waals surface area contributed by atoms with Crippen LogP contribution in [0, 0.1) is 0 Å². The Morgan fingerprint density at radius 2 is 1.62 bits per heavy atom. The molecule has 29 heavy (non-hydrogen) atoms. The van der Waals surface area contributed by atoms with E-state index in [4.69, 9.17) is 4.98 Å². The Morgan fingerprint density at radius 1 is 0.931 bits per heavy atom. The topological polar surface area (TPSA) is 47.2 Å². The molecule has 6 heteroatoms. The number of hydrogen-bond donors (Lipinski definition) is 0. The van der Waals surface area contributed by atoms with Crippen molar-refractivity contribution >= 4 is 55.1 Å². The third-order valence-corrected chi connectivity index (χ3v) is 5.32. The largest absolute Gasteiger partial charge is 0.282 e. The summed E-state index contributed by atoms with van der Waals surface area (Å²) in [6.07, 6.45) is 5.33. The average Bonchev–Trinajstić information content (AvgIpc) is 2.74. The van der Waals surface area contributed by atoms with Crippen molar-refractivity contribution in [1.29, 1.82) is 0 Å². The maximum Gasteiger partial charge on any atom is 0.282 e. The van der Waals surface area contributed by atoms with Gasteiger partial charge in [0, 0.05) is 20.7 Å². The highest BCUT2D eigenvalue weighted by atomic mass is 79.9. The van der Waals surface area contributed by atoms with Crippen LogP contribution in [0.4, 0.5) is 0 Å². The second-order valence-corrected chi connectivity index (χ2v) is 8.01. The van der Waals surface area contributed by atoms with Gasteiger partial charge in [0.25, 0.3) is 5.56 Å². The average molecular weight is 509 g/mol. The molecule has 0 bridgehead atoms. The fourth-order valence-corrected chi connectivity index (χ4v) is 4.22. The molecule has 0 radical (unpaired) electrons. The van der Waals surface area contributed by atoms with Gasteiger partial charge in [-0.05, 0) is 39.7 Å². The molecule has 0 saturated heterocycles. The summed E-state index contributed by atoms with van der Waals surface area (Å²) >= 11 is 6.95. The van der Waals surface area contributed by atoms with Gasteiger partial charge >= 0.3 is 0 Å². The molecule has 0 aliphatic carbocycles. The second kappa shape index (κ2) is 8.68. The highest BCUT2D eigenvalue weighted by molar-refractivity contribution is 9.11. The summed E-state index contributed by atoms with van der Waals surface area (Å²) in [5, 5.41) is 4.89. The van der Waals surface area contributed by atoms with Gasteiger partial charge in [-0.15, -0.1) is 0 Å². The van der Waals surface area contributed by atoms with Crippen LogP contribution in [0.1, 0.15) is 5.56 Å². The quantitative estimate of drug-likeness (QED) is 0.311. The van der Waals surface area contributed by atoms with Crippen LogP contribution in [0.15, 0.2) is 97.7 Å². The highest BCUT2D eigenvalue weighted by Crippen LogP contribution is 2.27. The lowest BCUT2D eigenvalue weighted by molar-refractivity contribution is 0.830. The number of rotatable bonds is 4. The Hall–Kier alpha value is -2.83. The molecule has 0 saturated carbocycles. The summed E-state index contributed by atoms with van der Waals surface area (Å²) in [5.41, 5.74) is 2.23. The molecule has 0 spiro atoms. The maximum absolute atomic E-state index is 13.2. The molecule has 0 aliphatic rings. The summed E-state index contributed by atoms with van der Waals surface area (Å²) < 4.78 is 2.88. The first-order valence-electron chi connectivity index (χ1n) is 8.87. The lowest BCUT2D eigenvalue weighted by Gasteiger charge is -2.10. The molecule has 0 fully saturated rings. The number of halogens is 2. The molecule has 142 valence electrons. The van der Waals surface area contributed by atoms with Gasteiger partial charge in [0.1, 0.15) is 0 Å². The van der Waals surface area contributed by atoms with E-state index in [9.17, 15) is 4.79 Å². The van der Waals surface area contributed by atoms with Crippen molar-refractivity contribution in [3.63, 3.8) is 0 Å². The minimum absolute atomic E-state index is 0.236. The van der Waals surface area contributed by atoms with Crippen LogP contribution in [-0.4, -0.2) is 15.9 Å². The van der Waals surface area contributed by atoms with E-state index in [0.717, 1.165) is 20.1 Å². The van der Waals surface area contributed by atoms with Gasteiger partial charge < -0.3 is 0 Å². The SMILES string of the molecule is O=c1c2cc(Br)cc(Br)c2nc(-c2ccccc2)n1/N=C/C=C/c1ccccc1. The van der Waals surface area contributed by atoms with Crippen LogP contribution >= 0.6 is 31.9 Å². The van der Waals surface area contributed by atoms with Gasteiger partial charge in [-0.3, -0.25) is 4.79 Å². The van der Waals surface area contributed by atoms with Gasteiger partial charge in [0.2, 0.25) is 0 Å². The van der Waals surface area contributed by atoms with Crippen LogP contribution in [0.25, 0.3) is 28.4 Å². The summed E-state index contributed by atoms with van der Waals surface area (Å²) in [6, 6.07) is 23.1. The first kappa shape index (κ1) is 19.5. The summed E-state index contributed by atoms with van der Waals surface area (Å²) in [4.78, 5) is 18.0. The third kappa shape index (κ3) is 4.28. The summed E-state index contributed by atoms with van der Waals surface area (Å²) in [6.45, 7) is 0. The molecule has 0 aliphatic heterocycles. The number of allylic oxidation sites excluding steroid dienone is 1. The van der Waals surface area contributed by atoms with Crippen molar-refractivity contribution in [2.75, 3.05) is 0 Å². The number of nitrogens with zero attached hydrogens (tertiary/aromatic N) is 3. The number of benzene rings is 3. The van der Waals surface area contributed by atoms with Crippen molar-refractivity contribution in [2.45, 2.75) is 0 Å². The molecule has 3 aromatic carbocycles. The molecule has 1 heterocycles.